The maximum atomic E-state index is 13.5. The molecule has 1 aromatic carbocycles. The molecule has 1 aromatic rings. The second-order valence-electron chi connectivity index (χ2n) is 4.85. The summed E-state index contributed by atoms with van der Waals surface area (Å²) in [6.45, 7) is 1.95. The van der Waals surface area contributed by atoms with Crippen LogP contribution in [0, 0.1) is 11.7 Å². The maximum Gasteiger partial charge on any atom is 0.137 e. The van der Waals surface area contributed by atoms with Crippen LogP contribution in [0.3, 0.4) is 0 Å². The number of Topliss-reactive ketones (excluding diaryl/α,β-unsaturated/α-hetero) is 1. The van der Waals surface area contributed by atoms with Gasteiger partial charge in [-0.05, 0) is 55.6 Å². The number of benzene rings is 1. The summed E-state index contributed by atoms with van der Waals surface area (Å²) in [5.74, 6) is 0.196. The van der Waals surface area contributed by atoms with Gasteiger partial charge >= 0.3 is 0 Å². The number of halogens is 2. The Hall–Kier alpha value is -0.930. The molecule has 0 aliphatic carbocycles. The largest absolute Gasteiger partial charge is 0.317 e. The molecule has 4 heteroatoms. The molecule has 0 bridgehead atoms. The van der Waals surface area contributed by atoms with Gasteiger partial charge < -0.3 is 5.32 Å². The van der Waals surface area contributed by atoms with Crippen LogP contribution in [0.25, 0.3) is 0 Å². The van der Waals surface area contributed by atoms with Crippen molar-refractivity contribution >= 4 is 17.4 Å². The van der Waals surface area contributed by atoms with Crippen molar-refractivity contribution in [3.63, 3.8) is 0 Å². The zero-order valence-electron chi connectivity index (χ0n) is 10.2. The van der Waals surface area contributed by atoms with E-state index in [4.69, 9.17) is 11.6 Å². The Labute approximate surface area is 112 Å². The summed E-state index contributed by atoms with van der Waals surface area (Å²) in [5.41, 5.74) is 0.404. The lowest BCUT2D eigenvalue weighted by Crippen LogP contribution is -2.29. The number of nitrogens with one attached hydrogen (secondary N) is 1. The SMILES string of the molecule is O=C(Cc1cc(Cl)ccc1F)CC1CCNCC1. The van der Waals surface area contributed by atoms with E-state index in [1.165, 1.54) is 18.2 Å². The fraction of sp³-hybridized carbons (Fsp3) is 0.500. The highest BCUT2D eigenvalue weighted by Gasteiger charge is 2.17. The fourth-order valence-corrected chi connectivity index (χ4v) is 2.57. The van der Waals surface area contributed by atoms with Gasteiger partial charge in [0, 0.05) is 17.9 Å². The summed E-state index contributed by atoms with van der Waals surface area (Å²) in [4.78, 5) is 11.9. The fourth-order valence-electron chi connectivity index (χ4n) is 2.37. The van der Waals surface area contributed by atoms with Crippen LogP contribution >= 0.6 is 11.6 Å². The Bertz CT molecular complexity index is 430. The van der Waals surface area contributed by atoms with Gasteiger partial charge in [0.15, 0.2) is 0 Å². The molecule has 0 unspecified atom stereocenters. The van der Waals surface area contributed by atoms with Crippen LogP contribution in [-0.4, -0.2) is 18.9 Å². The Morgan fingerprint density at radius 1 is 1.39 bits per heavy atom. The van der Waals surface area contributed by atoms with Gasteiger partial charge in [0.1, 0.15) is 11.6 Å². The first-order chi connectivity index (χ1) is 8.65. The van der Waals surface area contributed by atoms with Crippen LogP contribution in [0.15, 0.2) is 18.2 Å². The lowest BCUT2D eigenvalue weighted by Gasteiger charge is -2.21. The maximum absolute atomic E-state index is 13.5. The molecule has 98 valence electrons. The minimum atomic E-state index is -0.349. The summed E-state index contributed by atoms with van der Waals surface area (Å²) in [5, 5.41) is 3.74. The highest BCUT2D eigenvalue weighted by molar-refractivity contribution is 6.30. The predicted molar refractivity (Wildman–Crippen MR) is 70.3 cm³/mol. The molecule has 1 aliphatic rings. The molecule has 0 spiro atoms. The van der Waals surface area contributed by atoms with Crippen molar-refractivity contribution in [2.75, 3.05) is 13.1 Å². The van der Waals surface area contributed by atoms with E-state index >= 15 is 0 Å². The number of carbonyl (C=O) groups is 1. The van der Waals surface area contributed by atoms with Gasteiger partial charge in [0.2, 0.25) is 0 Å². The highest BCUT2D eigenvalue weighted by Crippen LogP contribution is 2.20. The van der Waals surface area contributed by atoms with E-state index in [0.29, 0.717) is 22.9 Å². The number of carbonyl (C=O) groups excluding carboxylic acids is 1. The highest BCUT2D eigenvalue weighted by atomic mass is 35.5. The standard InChI is InChI=1S/C14H17ClFNO/c15-12-1-2-14(16)11(8-12)9-13(18)7-10-3-5-17-6-4-10/h1-2,8,10,17H,3-7,9H2. The second kappa shape index (κ2) is 6.30. The molecule has 1 fully saturated rings. The van der Waals surface area contributed by atoms with E-state index < -0.39 is 0 Å². The number of hydrogen-bond acceptors (Lipinski definition) is 2. The minimum Gasteiger partial charge on any atom is -0.317 e. The van der Waals surface area contributed by atoms with E-state index in [0.717, 1.165) is 25.9 Å². The molecular weight excluding hydrogens is 253 g/mol. The second-order valence-corrected chi connectivity index (χ2v) is 5.29. The summed E-state index contributed by atoms with van der Waals surface area (Å²) in [6.07, 6.45) is 2.76. The Kier molecular flexibility index (Phi) is 4.72. The smallest absolute Gasteiger partial charge is 0.137 e. The van der Waals surface area contributed by atoms with Crippen molar-refractivity contribution in [3.8, 4) is 0 Å². The summed E-state index contributed by atoms with van der Waals surface area (Å²) < 4.78 is 13.5. The van der Waals surface area contributed by atoms with Gasteiger partial charge in [-0.15, -0.1) is 0 Å². The quantitative estimate of drug-likeness (QED) is 0.910. The monoisotopic (exact) mass is 269 g/mol. The van der Waals surface area contributed by atoms with Crippen LogP contribution in [0.5, 0.6) is 0 Å². The first-order valence-electron chi connectivity index (χ1n) is 6.31. The van der Waals surface area contributed by atoms with Crippen molar-refractivity contribution in [1.82, 2.24) is 5.32 Å². The topological polar surface area (TPSA) is 29.1 Å². The number of piperidine rings is 1. The average Bonchev–Trinajstić information content (AvgIpc) is 2.35. The minimum absolute atomic E-state index is 0.100. The van der Waals surface area contributed by atoms with Crippen LogP contribution < -0.4 is 5.32 Å². The van der Waals surface area contributed by atoms with E-state index in [-0.39, 0.29) is 18.0 Å². The molecule has 2 nitrogen and oxygen atoms in total. The van der Waals surface area contributed by atoms with Crippen LogP contribution in [-0.2, 0) is 11.2 Å². The third-order valence-corrected chi connectivity index (χ3v) is 3.61. The lowest BCUT2D eigenvalue weighted by atomic mass is 9.91. The summed E-state index contributed by atoms with van der Waals surface area (Å²) in [6, 6.07) is 4.35. The number of hydrogen-bond donors (Lipinski definition) is 1. The Balaban J connectivity index is 1.92. The molecule has 1 heterocycles. The lowest BCUT2D eigenvalue weighted by molar-refractivity contribution is -0.119. The van der Waals surface area contributed by atoms with Crippen molar-refractivity contribution in [1.29, 1.82) is 0 Å². The van der Waals surface area contributed by atoms with Gasteiger partial charge in [-0.3, -0.25) is 4.79 Å². The first-order valence-corrected chi connectivity index (χ1v) is 6.69. The molecule has 0 aromatic heterocycles. The average molecular weight is 270 g/mol. The molecule has 1 aliphatic heterocycles. The normalized spacial score (nSPS) is 16.8. The molecule has 1 N–H and O–H groups in total. The van der Waals surface area contributed by atoms with Crippen LogP contribution in [0.2, 0.25) is 5.02 Å². The van der Waals surface area contributed by atoms with Crippen molar-refractivity contribution in [3.05, 3.63) is 34.6 Å². The Morgan fingerprint density at radius 3 is 2.83 bits per heavy atom. The van der Waals surface area contributed by atoms with Gasteiger partial charge in [-0.25, -0.2) is 4.39 Å². The van der Waals surface area contributed by atoms with E-state index in [1.807, 2.05) is 0 Å². The van der Waals surface area contributed by atoms with Crippen LogP contribution in [0.4, 0.5) is 4.39 Å². The van der Waals surface area contributed by atoms with E-state index in [2.05, 4.69) is 5.32 Å². The van der Waals surface area contributed by atoms with Crippen LogP contribution in [0.1, 0.15) is 24.8 Å². The number of rotatable bonds is 4. The third kappa shape index (κ3) is 3.79. The molecule has 0 saturated carbocycles. The Morgan fingerprint density at radius 2 is 2.11 bits per heavy atom. The summed E-state index contributed by atoms with van der Waals surface area (Å²) in [7, 11) is 0. The predicted octanol–water partition coefficient (Wildman–Crippen LogP) is 2.98. The first kappa shape index (κ1) is 13.5. The molecule has 1 saturated heterocycles. The van der Waals surface area contributed by atoms with Gasteiger partial charge in [-0.2, -0.15) is 0 Å². The van der Waals surface area contributed by atoms with Gasteiger partial charge in [0.05, 0.1) is 0 Å². The zero-order valence-corrected chi connectivity index (χ0v) is 11.0. The molecule has 0 atom stereocenters. The molecule has 0 radical (unpaired) electrons. The molecular formula is C14H17ClFNO. The molecule has 18 heavy (non-hydrogen) atoms. The molecule has 0 amide bonds. The number of ketones is 1. The zero-order chi connectivity index (χ0) is 13.0. The van der Waals surface area contributed by atoms with E-state index in [9.17, 15) is 9.18 Å². The van der Waals surface area contributed by atoms with Crippen molar-refractivity contribution in [2.24, 2.45) is 5.92 Å². The van der Waals surface area contributed by atoms with Crippen molar-refractivity contribution in [2.45, 2.75) is 25.7 Å². The van der Waals surface area contributed by atoms with Crippen molar-refractivity contribution < 1.29 is 9.18 Å². The van der Waals surface area contributed by atoms with Gasteiger partial charge in [0.25, 0.3) is 0 Å². The third-order valence-electron chi connectivity index (χ3n) is 3.37. The van der Waals surface area contributed by atoms with E-state index in [1.54, 1.807) is 0 Å². The van der Waals surface area contributed by atoms with Gasteiger partial charge in [-0.1, -0.05) is 11.6 Å². The molecule has 2 rings (SSSR count). The summed E-state index contributed by atoms with van der Waals surface area (Å²) >= 11 is 5.81.